The molecule has 2 fully saturated rings. The third-order valence-corrected chi connectivity index (χ3v) is 5.34. The second-order valence-electron chi connectivity index (χ2n) is 8.68. The van der Waals surface area contributed by atoms with Crippen LogP contribution in [0.1, 0.15) is 68.6 Å². The Morgan fingerprint density at radius 2 is 2.08 bits per heavy atom. The largest absolute Gasteiger partial charge is 0.384 e. The first-order valence-corrected chi connectivity index (χ1v) is 9.43. The number of aromatic nitrogens is 2. The van der Waals surface area contributed by atoms with E-state index in [0.717, 1.165) is 25.9 Å². The Bertz CT molecular complexity index is 602. The molecule has 140 valence electrons. The maximum atomic E-state index is 12.7. The van der Waals surface area contributed by atoms with Crippen LogP contribution in [0.5, 0.6) is 0 Å². The number of methoxy groups -OCH3 is 1. The molecule has 0 spiro atoms. The fourth-order valence-electron chi connectivity index (χ4n) is 3.71. The van der Waals surface area contributed by atoms with Crippen molar-refractivity contribution in [1.82, 2.24) is 20.4 Å². The van der Waals surface area contributed by atoms with Crippen molar-refractivity contribution >= 4 is 5.91 Å². The van der Waals surface area contributed by atoms with Crippen molar-refractivity contribution in [2.45, 2.75) is 57.9 Å². The Balaban J connectivity index is 1.70. The average Bonchev–Trinajstić information content (AvgIpc) is 3.31. The molecule has 1 aromatic heterocycles. The summed E-state index contributed by atoms with van der Waals surface area (Å²) in [5, 5.41) is 11.1. The zero-order valence-electron chi connectivity index (χ0n) is 16.0. The molecule has 0 radical (unpaired) electrons. The van der Waals surface area contributed by atoms with Gasteiger partial charge in [0.05, 0.1) is 12.1 Å². The van der Waals surface area contributed by atoms with Crippen LogP contribution >= 0.6 is 0 Å². The highest BCUT2D eigenvalue weighted by atomic mass is 16.5. The summed E-state index contributed by atoms with van der Waals surface area (Å²) in [7, 11) is 1.73. The van der Waals surface area contributed by atoms with E-state index < -0.39 is 0 Å². The molecule has 1 aromatic rings. The van der Waals surface area contributed by atoms with Gasteiger partial charge in [-0.3, -0.25) is 9.48 Å². The highest BCUT2D eigenvalue weighted by Gasteiger charge is 2.35. The van der Waals surface area contributed by atoms with Crippen molar-refractivity contribution in [2.75, 3.05) is 33.4 Å². The zero-order valence-corrected chi connectivity index (χ0v) is 16.0. The van der Waals surface area contributed by atoms with E-state index >= 15 is 0 Å². The van der Waals surface area contributed by atoms with E-state index in [0.29, 0.717) is 24.8 Å². The number of carbonyl (C=O) groups excluding carboxylic acids is 1. The first-order chi connectivity index (χ1) is 11.8. The molecule has 0 atom stereocenters. The summed E-state index contributed by atoms with van der Waals surface area (Å²) in [6.07, 6.45) is 4.44. The summed E-state index contributed by atoms with van der Waals surface area (Å²) < 4.78 is 7.47. The van der Waals surface area contributed by atoms with E-state index in [9.17, 15) is 4.79 Å². The minimum absolute atomic E-state index is 0.0293. The van der Waals surface area contributed by atoms with Gasteiger partial charge < -0.3 is 15.4 Å². The molecule has 2 N–H and O–H groups in total. The number of amides is 1. The van der Waals surface area contributed by atoms with Gasteiger partial charge in [0.1, 0.15) is 5.69 Å². The van der Waals surface area contributed by atoms with Gasteiger partial charge in [0.25, 0.3) is 5.91 Å². The number of ether oxygens (including phenoxy) is 1. The Hall–Kier alpha value is -1.40. The molecular weight excluding hydrogens is 316 g/mol. The smallest absolute Gasteiger partial charge is 0.271 e. The molecule has 1 saturated heterocycles. The van der Waals surface area contributed by atoms with Gasteiger partial charge in [0, 0.05) is 30.7 Å². The van der Waals surface area contributed by atoms with Crippen LogP contribution in [0, 0.1) is 5.41 Å². The Morgan fingerprint density at radius 3 is 2.64 bits per heavy atom. The predicted octanol–water partition coefficient (Wildman–Crippen LogP) is 2.26. The van der Waals surface area contributed by atoms with E-state index in [1.165, 1.54) is 18.5 Å². The van der Waals surface area contributed by atoms with Crippen LogP contribution in [-0.2, 0) is 10.3 Å². The SMILES string of the molecule is COCC1(CNC(=O)c2cc(C3CC3)n(C(C)(C)C)n2)CCNCC1. The molecule has 6 nitrogen and oxygen atoms in total. The van der Waals surface area contributed by atoms with Crippen molar-refractivity contribution in [3.05, 3.63) is 17.5 Å². The topological polar surface area (TPSA) is 68.2 Å². The lowest BCUT2D eigenvalue weighted by atomic mass is 9.79. The third-order valence-electron chi connectivity index (χ3n) is 5.34. The van der Waals surface area contributed by atoms with Gasteiger partial charge in [-0.25, -0.2) is 0 Å². The Morgan fingerprint density at radius 1 is 1.40 bits per heavy atom. The lowest BCUT2D eigenvalue weighted by Crippen LogP contribution is -2.47. The summed E-state index contributed by atoms with van der Waals surface area (Å²) in [6, 6.07) is 1.99. The molecule has 1 saturated carbocycles. The number of carbonyl (C=O) groups is 1. The fraction of sp³-hybridized carbons (Fsp3) is 0.789. The van der Waals surface area contributed by atoms with E-state index in [2.05, 4.69) is 36.5 Å². The van der Waals surface area contributed by atoms with Gasteiger partial charge in [-0.2, -0.15) is 5.10 Å². The Kier molecular flexibility index (Phi) is 5.21. The van der Waals surface area contributed by atoms with Gasteiger partial charge in [0.2, 0.25) is 0 Å². The number of hydrogen-bond acceptors (Lipinski definition) is 4. The lowest BCUT2D eigenvalue weighted by Gasteiger charge is -2.37. The van der Waals surface area contributed by atoms with Gasteiger partial charge in [0.15, 0.2) is 0 Å². The van der Waals surface area contributed by atoms with Crippen LogP contribution in [0.2, 0.25) is 0 Å². The minimum Gasteiger partial charge on any atom is -0.384 e. The standard InChI is InChI=1S/C19H32N4O2/c1-18(2,3)23-16(14-5-6-14)11-15(22-23)17(24)21-12-19(13-25-4)7-9-20-10-8-19/h11,14,20H,5-10,12-13H2,1-4H3,(H,21,24). The monoisotopic (exact) mass is 348 g/mol. The molecule has 6 heteroatoms. The van der Waals surface area contributed by atoms with Gasteiger partial charge >= 0.3 is 0 Å². The quantitative estimate of drug-likeness (QED) is 0.827. The summed E-state index contributed by atoms with van der Waals surface area (Å²) in [5.74, 6) is 0.497. The van der Waals surface area contributed by atoms with Crippen LogP contribution in [0.15, 0.2) is 6.07 Å². The van der Waals surface area contributed by atoms with Crippen LogP contribution in [0.3, 0.4) is 0 Å². The normalized spacial score (nSPS) is 20.5. The molecular formula is C19H32N4O2. The Labute approximate surface area is 150 Å². The van der Waals surface area contributed by atoms with E-state index in [4.69, 9.17) is 4.74 Å². The van der Waals surface area contributed by atoms with Crippen molar-refractivity contribution in [3.8, 4) is 0 Å². The molecule has 2 aliphatic rings. The molecule has 0 unspecified atom stereocenters. The zero-order chi connectivity index (χ0) is 18.1. The minimum atomic E-state index is -0.108. The summed E-state index contributed by atoms with van der Waals surface area (Å²) >= 11 is 0. The van der Waals surface area contributed by atoms with Gasteiger partial charge in [-0.15, -0.1) is 0 Å². The van der Waals surface area contributed by atoms with Crippen molar-refractivity contribution < 1.29 is 9.53 Å². The number of nitrogens with one attached hydrogen (secondary N) is 2. The molecule has 0 aromatic carbocycles. The first-order valence-electron chi connectivity index (χ1n) is 9.43. The van der Waals surface area contributed by atoms with Crippen LogP contribution in [-0.4, -0.2) is 49.0 Å². The molecule has 1 aliphatic carbocycles. The lowest BCUT2D eigenvalue weighted by molar-refractivity contribution is 0.0510. The average molecular weight is 348 g/mol. The van der Waals surface area contributed by atoms with Crippen molar-refractivity contribution in [1.29, 1.82) is 0 Å². The maximum absolute atomic E-state index is 12.7. The molecule has 25 heavy (non-hydrogen) atoms. The van der Waals surface area contributed by atoms with Crippen LogP contribution in [0.4, 0.5) is 0 Å². The van der Waals surface area contributed by atoms with E-state index in [1.54, 1.807) is 7.11 Å². The highest BCUT2D eigenvalue weighted by Crippen LogP contribution is 2.41. The third kappa shape index (κ3) is 4.23. The van der Waals surface area contributed by atoms with Gasteiger partial charge in [-0.05, 0) is 65.6 Å². The molecule has 3 rings (SSSR count). The second-order valence-corrected chi connectivity index (χ2v) is 8.68. The number of rotatable bonds is 6. The van der Waals surface area contributed by atoms with E-state index in [1.807, 2.05) is 10.7 Å². The summed E-state index contributed by atoms with van der Waals surface area (Å²) in [6.45, 7) is 9.68. The first kappa shape index (κ1) is 18.4. The van der Waals surface area contributed by atoms with Crippen molar-refractivity contribution in [2.24, 2.45) is 5.41 Å². The summed E-state index contributed by atoms with van der Waals surface area (Å²) in [4.78, 5) is 12.7. The number of hydrogen-bond donors (Lipinski definition) is 2. The molecule has 0 bridgehead atoms. The van der Waals surface area contributed by atoms with Gasteiger partial charge in [-0.1, -0.05) is 0 Å². The molecule has 1 aliphatic heterocycles. The highest BCUT2D eigenvalue weighted by molar-refractivity contribution is 5.92. The van der Waals surface area contributed by atoms with E-state index in [-0.39, 0.29) is 16.9 Å². The fourth-order valence-corrected chi connectivity index (χ4v) is 3.71. The number of nitrogens with zero attached hydrogens (tertiary/aromatic N) is 2. The van der Waals surface area contributed by atoms with Crippen LogP contribution < -0.4 is 10.6 Å². The summed E-state index contributed by atoms with van der Waals surface area (Å²) in [5.41, 5.74) is 1.66. The second kappa shape index (κ2) is 7.08. The number of piperidine rings is 1. The predicted molar refractivity (Wildman–Crippen MR) is 97.9 cm³/mol. The maximum Gasteiger partial charge on any atom is 0.271 e. The van der Waals surface area contributed by atoms with Crippen molar-refractivity contribution in [3.63, 3.8) is 0 Å². The van der Waals surface area contributed by atoms with Crippen LogP contribution in [0.25, 0.3) is 0 Å². The molecule has 1 amide bonds. The molecule has 2 heterocycles.